The Balaban J connectivity index is 1.43. The zero-order valence-electron chi connectivity index (χ0n) is 22.9. The molecule has 0 saturated carbocycles. The van der Waals surface area contributed by atoms with Crippen LogP contribution in [0.1, 0.15) is 19.8 Å². The van der Waals surface area contributed by atoms with E-state index >= 15 is 8.78 Å². The van der Waals surface area contributed by atoms with E-state index in [4.69, 9.17) is 11.6 Å². The molecule has 2 saturated heterocycles. The van der Waals surface area contributed by atoms with Gasteiger partial charge in [-0.25, -0.2) is 13.5 Å². The molecular formula is C29H30ClF2N7O2S. The van der Waals surface area contributed by atoms with Gasteiger partial charge in [0.1, 0.15) is 11.4 Å². The lowest BCUT2D eigenvalue weighted by atomic mass is 10.0. The molecule has 2 fully saturated rings. The summed E-state index contributed by atoms with van der Waals surface area (Å²) in [4.78, 5) is 6.20. The van der Waals surface area contributed by atoms with Crippen LogP contribution in [0.25, 0.3) is 28.1 Å². The summed E-state index contributed by atoms with van der Waals surface area (Å²) in [6, 6.07) is 11.2. The molecule has 2 aromatic heterocycles. The van der Waals surface area contributed by atoms with Crippen LogP contribution in [0.4, 0.5) is 20.2 Å². The van der Waals surface area contributed by atoms with E-state index < -0.39 is 21.8 Å². The summed E-state index contributed by atoms with van der Waals surface area (Å²) >= 11 is 6.39. The molecule has 4 heterocycles. The number of piperazine rings is 1. The second-order valence-corrected chi connectivity index (χ2v) is 12.6. The van der Waals surface area contributed by atoms with Gasteiger partial charge in [0.25, 0.3) is 0 Å². The number of hydrogen-bond acceptors (Lipinski definition) is 6. The molecule has 2 aromatic carbocycles. The van der Waals surface area contributed by atoms with Crippen molar-refractivity contribution in [3.8, 4) is 28.1 Å². The van der Waals surface area contributed by atoms with Crippen LogP contribution in [0, 0.1) is 11.6 Å². The number of nitrogens with one attached hydrogen (secondary N) is 2. The largest absolute Gasteiger partial charge is 0.366 e. The summed E-state index contributed by atoms with van der Waals surface area (Å²) < 4.78 is 62.6. The van der Waals surface area contributed by atoms with Crippen molar-refractivity contribution in [2.75, 3.05) is 42.3 Å². The number of hydrogen-bond donors (Lipinski definition) is 2. The summed E-state index contributed by atoms with van der Waals surface area (Å²) in [5.74, 6) is -1.31. The number of aromatic nitrogens is 3. The van der Waals surface area contributed by atoms with Crippen LogP contribution in [0.2, 0.25) is 5.02 Å². The van der Waals surface area contributed by atoms with Crippen molar-refractivity contribution in [3.63, 3.8) is 0 Å². The first-order valence-electron chi connectivity index (χ1n) is 13.8. The molecule has 0 bridgehead atoms. The second kappa shape index (κ2) is 11.6. The highest BCUT2D eigenvalue weighted by Crippen LogP contribution is 2.38. The summed E-state index contributed by atoms with van der Waals surface area (Å²) in [6.07, 6.45) is 6.15. The van der Waals surface area contributed by atoms with Gasteiger partial charge in [0.2, 0.25) is 0 Å². The van der Waals surface area contributed by atoms with Gasteiger partial charge in [-0.15, -0.1) is 0 Å². The molecule has 42 heavy (non-hydrogen) atoms. The molecule has 0 spiro atoms. The number of anilines is 2. The SMILES string of the molecule is C[C@@H]1CNCCN1c1ccc(-n2cc(-c3cc(Cl)cc(NS(=O)(=O)N4CCCC4)c3F)c(-c3ccncc3)n2)c(F)c1. The molecule has 0 radical (unpaired) electrons. The van der Waals surface area contributed by atoms with Crippen LogP contribution in [0.15, 0.2) is 61.1 Å². The van der Waals surface area contributed by atoms with E-state index in [0.717, 1.165) is 38.2 Å². The Morgan fingerprint density at radius 3 is 2.50 bits per heavy atom. The van der Waals surface area contributed by atoms with Crippen LogP contribution in [0.5, 0.6) is 0 Å². The van der Waals surface area contributed by atoms with Crippen molar-refractivity contribution in [1.82, 2.24) is 24.4 Å². The highest BCUT2D eigenvalue weighted by atomic mass is 35.5. The number of benzene rings is 2. The third-order valence-electron chi connectivity index (χ3n) is 7.65. The molecule has 6 rings (SSSR count). The van der Waals surface area contributed by atoms with E-state index in [9.17, 15) is 8.42 Å². The molecule has 4 aromatic rings. The summed E-state index contributed by atoms with van der Waals surface area (Å²) in [5, 5.41) is 8.11. The monoisotopic (exact) mass is 613 g/mol. The highest BCUT2D eigenvalue weighted by Gasteiger charge is 2.28. The summed E-state index contributed by atoms with van der Waals surface area (Å²) in [5.41, 5.74) is 1.96. The van der Waals surface area contributed by atoms with Crippen LogP contribution in [-0.2, 0) is 10.2 Å². The fraction of sp³-hybridized carbons (Fsp3) is 0.310. The lowest BCUT2D eigenvalue weighted by Crippen LogP contribution is -2.49. The van der Waals surface area contributed by atoms with Gasteiger partial charge >= 0.3 is 10.2 Å². The Morgan fingerprint density at radius 2 is 1.79 bits per heavy atom. The number of rotatable bonds is 7. The Hall–Kier alpha value is -3.58. The summed E-state index contributed by atoms with van der Waals surface area (Å²) in [7, 11) is -3.98. The maximum atomic E-state index is 16.1. The minimum Gasteiger partial charge on any atom is -0.366 e. The zero-order valence-corrected chi connectivity index (χ0v) is 24.5. The van der Waals surface area contributed by atoms with Gasteiger partial charge in [-0.2, -0.15) is 17.8 Å². The van der Waals surface area contributed by atoms with Crippen molar-refractivity contribution < 1.29 is 17.2 Å². The lowest BCUT2D eigenvalue weighted by molar-refractivity contribution is 0.482. The van der Waals surface area contributed by atoms with Crippen molar-refractivity contribution in [3.05, 3.63) is 77.7 Å². The van der Waals surface area contributed by atoms with E-state index in [1.165, 1.54) is 33.4 Å². The molecule has 2 N–H and O–H groups in total. The van der Waals surface area contributed by atoms with Gasteiger partial charge in [-0.05, 0) is 62.2 Å². The molecule has 9 nitrogen and oxygen atoms in total. The normalized spacial score (nSPS) is 18.0. The van der Waals surface area contributed by atoms with Crippen LogP contribution in [-0.4, -0.2) is 66.3 Å². The second-order valence-electron chi connectivity index (χ2n) is 10.5. The number of pyridine rings is 1. The highest BCUT2D eigenvalue weighted by molar-refractivity contribution is 7.90. The van der Waals surface area contributed by atoms with Crippen LogP contribution >= 0.6 is 11.6 Å². The quantitative estimate of drug-likeness (QED) is 0.302. The van der Waals surface area contributed by atoms with E-state index in [-0.39, 0.29) is 28.0 Å². The van der Waals surface area contributed by atoms with Crippen LogP contribution in [0.3, 0.4) is 0 Å². The number of halogens is 3. The molecule has 220 valence electrons. The first-order valence-corrected chi connectivity index (χ1v) is 15.6. The molecule has 13 heteroatoms. The fourth-order valence-electron chi connectivity index (χ4n) is 5.49. The van der Waals surface area contributed by atoms with Gasteiger partial charge in [-0.3, -0.25) is 9.71 Å². The average Bonchev–Trinajstić information content (AvgIpc) is 3.67. The Labute approximate surface area is 248 Å². The predicted octanol–water partition coefficient (Wildman–Crippen LogP) is 5.08. The smallest absolute Gasteiger partial charge is 0.301 e. The molecule has 0 unspecified atom stereocenters. The zero-order chi connectivity index (χ0) is 29.4. The Bertz CT molecular complexity index is 1710. The van der Waals surface area contributed by atoms with Gasteiger partial charge in [0.15, 0.2) is 11.6 Å². The Morgan fingerprint density at radius 1 is 1.02 bits per heavy atom. The number of nitrogens with zero attached hydrogens (tertiary/aromatic N) is 5. The molecule has 0 aliphatic carbocycles. The molecule has 1 atom stereocenters. The van der Waals surface area contributed by atoms with E-state index in [0.29, 0.717) is 29.9 Å². The molecule has 0 amide bonds. The van der Waals surface area contributed by atoms with E-state index in [1.807, 2.05) is 6.07 Å². The first kappa shape index (κ1) is 28.5. The maximum absolute atomic E-state index is 16.1. The summed E-state index contributed by atoms with van der Waals surface area (Å²) in [6.45, 7) is 5.19. The first-order chi connectivity index (χ1) is 20.2. The van der Waals surface area contributed by atoms with Crippen molar-refractivity contribution >= 4 is 33.2 Å². The van der Waals surface area contributed by atoms with Crippen molar-refractivity contribution in [1.29, 1.82) is 0 Å². The van der Waals surface area contributed by atoms with Gasteiger partial charge in [-0.1, -0.05) is 11.6 Å². The standard InChI is InChI=1S/C29H30ClF2N7O2S/c1-19-17-34-10-13-38(19)22-4-5-27(25(31)16-22)39-18-24(29(35-39)20-6-8-33-9-7-20)23-14-21(30)15-26(28(23)32)36-42(40,41)37-11-2-3-12-37/h4-9,14-16,18-19,34,36H,2-3,10-13,17H2,1H3/t19-/m1/s1. The van der Waals surface area contributed by atoms with Crippen molar-refractivity contribution in [2.45, 2.75) is 25.8 Å². The van der Waals surface area contributed by atoms with Gasteiger partial charge in [0, 0.05) is 84.8 Å². The van der Waals surface area contributed by atoms with Crippen LogP contribution < -0.4 is 14.9 Å². The maximum Gasteiger partial charge on any atom is 0.301 e. The third kappa shape index (κ3) is 5.59. The van der Waals surface area contributed by atoms with E-state index in [1.54, 1.807) is 30.6 Å². The minimum absolute atomic E-state index is 0.0198. The third-order valence-corrected chi connectivity index (χ3v) is 9.39. The minimum atomic E-state index is -3.98. The molecular weight excluding hydrogens is 584 g/mol. The lowest BCUT2D eigenvalue weighted by Gasteiger charge is -2.36. The fourth-order valence-corrected chi connectivity index (χ4v) is 7.01. The van der Waals surface area contributed by atoms with Gasteiger partial charge in [0.05, 0.1) is 5.69 Å². The molecule has 2 aliphatic heterocycles. The van der Waals surface area contributed by atoms with Crippen molar-refractivity contribution in [2.24, 2.45) is 0 Å². The predicted molar refractivity (Wildman–Crippen MR) is 160 cm³/mol. The van der Waals surface area contributed by atoms with Gasteiger partial charge < -0.3 is 10.2 Å². The average molecular weight is 614 g/mol. The topological polar surface area (TPSA) is 95.4 Å². The molecule has 2 aliphatic rings. The van der Waals surface area contributed by atoms with E-state index in [2.05, 4.69) is 31.9 Å². The Kier molecular flexibility index (Phi) is 7.88.